The summed E-state index contributed by atoms with van der Waals surface area (Å²) in [4.78, 5) is 12.2. The van der Waals surface area contributed by atoms with Crippen LogP contribution in [0.1, 0.15) is 12.5 Å². The van der Waals surface area contributed by atoms with Crippen LogP contribution in [0.5, 0.6) is 0 Å². The second kappa shape index (κ2) is 9.16. The predicted molar refractivity (Wildman–Crippen MR) is 114 cm³/mol. The smallest absolute Gasteiger partial charge is 0.221 e. The molecule has 0 aromatic heterocycles. The van der Waals surface area contributed by atoms with Crippen LogP contribution in [0, 0.1) is 0 Å². The van der Waals surface area contributed by atoms with Gasteiger partial charge in [0.1, 0.15) is 0 Å². The van der Waals surface area contributed by atoms with E-state index in [0.717, 1.165) is 21.9 Å². The summed E-state index contributed by atoms with van der Waals surface area (Å²) in [6.07, 6.45) is -0.0747. The number of carbonyl (C=O) groups excluding carboxylic acids is 1. The van der Waals surface area contributed by atoms with Gasteiger partial charge >= 0.3 is 0 Å². The highest BCUT2D eigenvalue weighted by atomic mass is 79.9. The van der Waals surface area contributed by atoms with Crippen LogP contribution in [0.25, 0.3) is 0 Å². The maximum Gasteiger partial charge on any atom is 0.221 e. The van der Waals surface area contributed by atoms with E-state index in [-0.39, 0.29) is 12.0 Å². The third-order valence-electron chi connectivity index (χ3n) is 3.99. The van der Waals surface area contributed by atoms with E-state index < -0.39 is 5.79 Å². The molecule has 1 aliphatic rings. The van der Waals surface area contributed by atoms with E-state index in [4.69, 9.17) is 32.7 Å². The second-order valence-corrected chi connectivity index (χ2v) is 8.58. The lowest BCUT2D eigenvalue weighted by atomic mass is 10.1. The van der Waals surface area contributed by atoms with E-state index in [9.17, 15) is 4.79 Å². The van der Waals surface area contributed by atoms with Gasteiger partial charge in [0.25, 0.3) is 0 Å². The number of halogens is 3. The van der Waals surface area contributed by atoms with E-state index in [2.05, 4.69) is 21.2 Å². The van der Waals surface area contributed by atoms with Crippen LogP contribution >= 0.6 is 50.9 Å². The van der Waals surface area contributed by atoms with Crippen molar-refractivity contribution in [3.63, 3.8) is 0 Å². The maximum absolute atomic E-state index is 11.1. The quantitative estimate of drug-likeness (QED) is 0.416. The Hall–Kier alpha value is -0.760. The molecular weight excluding hydrogens is 473 g/mol. The number of rotatable bonds is 6. The molecule has 2 atom stereocenters. The van der Waals surface area contributed by atoms with Crippen molar-refractivity contribution >= 4 is 62.5 Å². The van der Waals surface area contributed by atoms with E-state index in [0.29, 0.717) is 22.0 Å². The van der Waals surface area contributed by atoms with Crippen molar-refractivity contribution in [2.24, 2.45) is 0 Å². The first-order valence-electron chi connectivity index (χ1n) is 8.25. The summed E-state index contributed by atoms with van der Waals surface area (Å²) in [5, 5.41) is 4.31. The monoisotopic (exact) mass is 489 g/mol. The van der Waals surface area contributed by atoms with Gasteiger partial charge in [-0.15, -0.1) is 11.8 Å². The molecule has 1 saturated heterocycles. The number of ether oxygens (including phenoxy) is 2. The van der Waals surface area contributed by atoms with Gasteiger partial charge in [-0.3, -0.25) is 4.79 Å². The number of thioether (sulfide) groups is 1. The molecule has 1 N–H and O–H groups in total. The first kappa shape index (κ1) is 21.0. The Kier molecular flexibility index (Phi) is 7.11. The van der Waals surface area contributed by atoms with Crippen molar-refractivity contribution in [3.8, 4) is 0 Å². The number of alkyl halides is 1. The number of nitrogens with one attached hydrogen (secondary N) is 1. The molecule has 0 unspecified atom stereocenters. The summed E-state index contributed by atoms with van der Waals surface area (Å²) in [5.41, 5.74) is 1.54. The molecule has 0 bridgehead atoms. The SMILES string of the molecule is CC(=O)Nc1ccc(SC[C@H]2CO[C@](CBr)(c3ccc(Cl)cc3Cl)O2)cc1. The molecule has 1 amide bonds. The van der Waals surface area contributed by atoms with Crippen LogP contribution in [0.2, 0.25) is 10.0 Å². The number of benzene rings is 2. The second-order valence-electron chi connectivity index (χ2n) is 6.08. The summed E-state index contributed by atoms with van der Waals surface area (Å²) in [7, 11) is 0. The molecule has 2 aromatic rings. The zero-order valence-corrected chi connectivity index (χ0v) is 18.4. The first-order valence-corrected chi connectivity index (χ1v) is 11.1. The highest BCUT2D eigenvalue weighted by Crippen LogP contribution is 2.41. The van der Waals surface area contributed by atoms with Crippen molar-refractivity contribution in [2.45, 2.75) is 23.7 Å². The van der Waals surface area contributed by atoms with Crippen molar-refractivity contribution < 1.29 is 14.3 Å². The molecule has 1 aliphatic heterocycles. The van der Waals surface area contributed by atoms with Crippen LogP contribution in [0.3, 0.4) is 0 Å². The summed E-state index contributed by atoms with van der Waals surface area (Å²) in [6, 6.07) is 13.0. The molecular formula is C19H18BrCl2NO3S. The molecule has 0 aliphatic carbocycles. The Morgan fingerprint density at radius 3 is 2.67 bits per heavy atom. The van der Waals surface area contributed by atoms with Gasteiger partial charge < -0.3 is 14.8 Å². The molecule has 27 heavy (non-hydrogen) atoms. The molecule has 0 radical (unpaired) electrons. The number of carbonyl (C=O) groups is 1. The van der Waals surface area contributed by atoms with E-state index in [1.54, 1.807) is 23.9 Å². The Balaban J connectivity index is 1.62. The average molecular weight is 491 g/mol. The van der Waals surface area contributed by atoms with Crippen LogP contribution in [0.15, 0.2) is 47.4 Å². The molecule has 144 valence electrons. The van der Waals surface area contributed by atoms with Gasteiger partial charge in [0, 0.05) is 33.8 Å². The van der Waals surface area contributed by atoms with Gasteiger partial charge in [-0.1, -0.05) is 45.2 Å². The normalized spacial score (nSPS) is 22.0. The Morgan fingerprint density at radius 1 is 1.30 bits per heavy atom. The van der Waals surface area contributed by atoms with Gasteiger partial charge in [0.05, 0.1) is 23.1 Å². The van der Waals surface area contributed by atoms with E-state index in [1.165, 1.54) is 6.92 Å². The lowest BCUT2D eigenvalue weighted by Gasteiger charge is -2.27. The lowest BCUT2D eigenvalue weighted by molar-refractivity contribution is -0.154. The van der Waals surface area contributed by atoms with Gasteiger partial charge in [0.15, 0.2) is 0 Å². The third kappa shape index (κ3) is 5.19. The summed E-state index contributed by atoms with van der Waals surface area (Å²) in [6.45, 7) is 1.96. The van der Waals surface area contributed by atoms with Crippen LogP contribution in [-0.4, -0.2) is 29.7 Å². The number of amides is 1. The molecule has 8 heteroatoms. The highest BCUT2D eigenvalue weighted by Gasteiger charge is 2.43. The number of anilines is 1. The van der Waals surface area contributed by atoms with E-state index >= 15 is 0 Å². The molecule has 0 spiro atoms. The zero-order valence-electron chi connectivity index (χ0n) is 14.5. The summed E-state index contributed by atoms with van der Waals surface area (Å²) in [5.74, 6) is -0.263. The topological polar surface area (TPSA) is 47.6 Å². The Morgan fingerprint density at radius 2 is 2.04 bits per heavy atom. The van der Waals surface area contributed by atoms with Crippen LogP contribution < -0.4 is 5.32 Å². The number of hydrogen-bond acceptors (Lipinski definition) is 4. The van der Waals surface area contributed by atoms with Gasteiger partial charge in [-0.05, 0) is 36.4 Å². The molecule has 4 nitrogen and oxygen atoms in total. The molecule has 3 rings (SSSR count). The maximum atomic E-state index is 11.1. The minimum Gasteiger partial charge on any atom is -0.342 e. The fourth-order valence-electron chi connectivity index (χ4n) is 2.76. The molecule has 1 fully saturated rings. The van der Waals surface area contributed by atoms with E-state index in [1.807, 2.05) is 30.3 Å². The van der Waals surface area contributed by atoms with Crippen molar-refractivity contribution in [2.75, 3.05) is 23.0 Å². The fourth-order valence-corrected chi connectivity index (χ4v) is 4.78. The van der Waals surface area contributed by atoms with Crippen molar-refractivity contribution in [3.05, 3.63) is 58.1 Å². The standard InChI is InChI=1S/C19H18BrCl2NO3S/c1-12(24)23-14-3-5-16(6-4-14)27-10-15-9-25-19(11-20,26-15)17-7-2-13(21)8-18(17)22/h2-8,15H,9-11H2,1H3,(H,23,24)/t15-,19+/m1/s1. The fraction of sp³-hybridized carbons (Fsp3) is 0.316. The summed E-state index contributed by atoms with van der Waals surface area (Å²) >= 11 is 17.5. The van der Waals surface area contributed by atoms with Crippen LogP contribution in [-0.2, 0) is 20.1 Å². The minimum absolute atomic E-state index is 0.0747. The average Bonchev–Trinajstić information content (AvgIpc) is 3.05. The molecule has 2 aromatic carbocycles. The highest BCUT2D eigenvalue weighted by molar-refractivity contribution is 9.09. The summed E-state index contributed by atoms with van der Waals surface area (Å²) < 4.78 is 12.2. The lowest BCUT2D eigenvalue weighted by Crippen LogP contribution is -2.30. The van der Waals surface area contributed by atoms with Gasteiger partial charge in [-0.2, -0.15) is 0 Å². The molecule has 1 heterocycles. The Labute approximate surface area is 181 Å². The zero-order chi connectivity index (χ0) is 19.4. The minimum atomic E-state index is -0.915. The van der Waals surface area contributed by atoms with Gasteiger partial charge in [0.2, 0.25) is 11.7 Å². The van der Waals surface area contributed by atoms with Crippen molar-refractivity contribution in [1.29, 1.82) is 0 Å². The van der Waals surface area contributed by atoms with Crippen LogP contribution in [0.4, 0.5) is 5.69 Å². The third-order valence-corrected chi connectivity index (χ3v) is 6.42. The van der Waals surface area contributed by atoms with Crippen molar-refractivity contribution in [1.82, 2.24) is 0 Å². The number of hydrogen-bond donors (Lipinski definition) is 1. The largest absolute Gasteiger partial charge is 0.342 e. The predicted octanol–water partition coefficient (Wildman–Crippen LogP) is 5.71. The Bertz CT molecular complexity index is 821. The molecule has 0 saturated carbocycles. The first-order chi connectivity index (χ1) is 12.9. The van der Waals surface area contributed by atoms with Gasteiger partial charge in [-0.25, -0.2) is 0 Å².